The molecule has 2 aliphatic heterocycles. The molecule has 2 N–H and O–H groups in total. The molecule has 3 rings (SSSR count). The molecule has 0 spiro atoms. The third kappa shape index (κ3) is 4.85. The number of rotatable bonds is 6. The van der Waals surface area contributed by atoms with Gasteiger partial charge in [-0.2, -0.15) is 0 Å². The lowest BCUT2D eigenvalue weighted by atomic mass is 10.0. The monoisotopic (exact) mass is 348 g/mol. The minimum Gasteiger partial charge on any atom is -0.504 e. The largest absolute Gasteiger partial charge is 0.504 e. The number of phenols is 1. The molecule has 0 amide bonds. The van der Waals surface area contributed by atoms with Crippen LogP contribution in [0.25, 0.3) is 0 Å². The lowest BCUT2D eigenvalue weighted by Crippen LogP contribution is -2.51. The first-order valence-electron chi connectivity index (χ1n) is 9.48. The van der Waals surface area contributed by atoms with Crippen LogP contribution in [0.3, 0.4) is 0 Å². The van der Waals surface area contributed by atoms with Crippen LogP contribution in [0, 0.1) is 0 Å². The van der Waals surface area contributed by atoms with Gasteiger partial charge >= 0.3 is 0 Å². The van der Waals surface area contributed by atoms with Crippen LogP contribution >= 0.6 is 0 Å². The van der Waals surface area contributed by atoms with Crippen molar-refractivity contribution in [2.75, 3.05) is 72.6 Å². The van der Waals surface area contributed by atoms with Crippen LogP contribution in [0.2, 0.25) is 0 Å². The fourth-order valence-corrected chi connectivity index (χ4v) is 3.71. The smallest absolute Gasteiger partial charge is 0.161 e. The van der Waals surface area contributed by atoms with Crippen LogP contribution in [-0.2, 0) is 0 Å². The summed E-state index contributed by atoms with van der Waals surface area (Å²) in [6, 6.07) is 6.20. The molecule has 140 valence electrons. The Hall–Kier alpha value is -1.34. The van der Waals surface area contributed by atoms with Crippen molar-refractivity contribution in [3.05, 3.63) is 23.8 Å². The number of nitrogens with one attached hydrogen (secondary N) is 1. The zero-order valence-electron chi connectivity index (χ0n) is 15.6. The molecule has 1 aromatic rings. The molecule has 0 saturated carbocycles. The molecule has 2 heterocycles. The van der Waals surface area contributed by atoms with Crippen molar-refractivity contribution in [2.45, 2.75) is 13.0 Å². The van der Waals surface area contributed by atoms with Crippen molar-refractivity contribution < 1.29 is 9.84 Å². The minimum absolute atomic E-state index is 0.226. The number of ether oxygens (including phenoxy) is 1. The summed E-state index contributed by atoms with van der Waals surface area (Å²) in [6.07, 6.45) is 0. The van der Waals surface area contributed by atoms with E-state index in [1.165, 1.54) is 5.56 Å². The summed E-state index contributed by atoms with van der Waals surface area (Å²) < 4.78 is 5.62. The second-order valence-corrected chi connectivity index (χ2v) is 7.07. The number of likely N-dealkylation sites (N-methyl/N-ethyl adjacent to an activating group) is 1. The molecule has 0 aliphatic carbocycles. The normalized spacial score (nSPS) is 22.0. The Labute approximate surface area is 151 Å². The van der Waals surface area contributed by atoms with Gasteiger partial charge in [0.2, 0.25) is 0 Å². The first-order chi connectivity index (χ1) is 12.2. The van der Waals surface area contributed by atoms with Gasteiger partial charge in [-0.1, -0.05) is 6.07 Å². The first kappa shape index (κ1) is 18.5. The summed E-state index contributed by atoms with van der Waals surface area (Å²) in [6.45, 7) is 12.2. The average molecular weight is 348 g/mol. The number of piperazine rings is 2. The van der Waals surface area contributed by atoms with E-state index in [0.717, 1.165) is 58.9 Å². The summed E-state index contributed by atoms with van der Waals surface area (Å²) in [5.41, 5.74) is 1.24. The summed E-state index contributed by atoms with van der Waals surface area (Å²) in [5, 5.41) is 13.5. The number of hydrogen-bond donors (Lipinski definition) is 2. The van der Waals surface area contributed by atoms with Gasteiger partial charge in [0, 0.05) is 64.9 Å². The van der Waals surface area contributed by atoms with Crippen LogP contribution in [0.1, 0.15) is 18.5 Å². The molecule has 2 fully saturated rings. The highest BCUT2D eigenvalue weighted by Crippen LogP contribution is 2.32. The van der Waals surface area contributed by atoms with Gasteiger partial charge in [-0.15, -0.1) is 0 Å². The van der Waals surface area contributed by atoms with Gasteiger partial charge in [0.25, 0.3) is 0 Å². The number of phenolic OH excluding ortho intramolecular Hbond substituents is 1. The fourth-order valence-electron chi connectivity index (χ4n) is 3.71. The maximum atomic E-state index is 10.0. The lowest BCUT2D eigenvalue weighted by molar-refractivity contribution is 0.0921. The Bertz CT molecular complexity index is 540. The van der Waals surface area contributed by atoms with E-state index in [-0.39, 0.29) is 5.75 Å². The molecule has 25 heavy (non-hydrogen) atoms. The molecule has 0 aromatic heterocycles. The van der Waals surface area contributed by atoms with Crippen LogP contribution in [-0.4, -0.2) is 92.4 Å². The number of aromatic hydroxyl groups is 1. The van der Waals surface area contributed by atoms with E-state index in [0.29, 0.717) is 18.4 Å². The molecule has 1 aromatic carbocycles. The van der Waals surface area contributed by atoms with Gasteiger partial charge in [0.15, 0.2) is 11.5 Å². The van der Waals surface area contributed by atoms with Crippen molar-refractivity contribution in [3.63, 3.8) is 0 Å². The van der Waals surface area contributed by atoms with Crippen LogP contribution in [0.15, 0.2) is 18.2 Å². The maximum Gasteiger partial charge on any atom is 0.161 e. The number of hydrogen-bond acceptors (Lipinski definition) is 6. The van der Waals surface area contributed by atoms with E-state index < -0.39 is 0 Å². The van der Waals surface area contributed by atoms with Gasteiger partial charge in [0.1, 0.15) is 0 Å². The molecule has 1 atom stereocenters. The Morgan fingerprint density at radius 1 is 1.12 bits per heavy atom. The number of nitrogens with zero attached hydrogens (tertiary/aromatic N) is 3. The highest BCUT2D eigenvalue weighted by Gasteiger charge is 2.26. The molecule has 2 aliphatic rings. The zero-order chi connectivity index (χ0) is 17.6. The Balaban J connectivity index is 1.79. The second kappa shape index (κ2) is 8.85. The summed E-state index contributed by atoms with van der Waals surface area (Å²) in [4.78, 5) is 7.53. The van der Waals surface area contributed by atoms with Crippen LogP contribution in [0.5, 0.6) is 11.5 Å². The van der Waals surface area contributed by atoms with Crippen LogP contribution < -0.4 is 10.1 Å². The van der Waals surface area contributed by atoms with Crippen molar-refractivity contribution in [3.8, 4) is 11.5 Å². The van der Waals surface area contributed by atoms with Gasteiger partial charge in [-0.25, -0.2) is 0 Å². The van der Waals surface area contributed by atoms with E-state index in [9.17, 15) is 5.11 Å². The van der Waals surface area contributed by atoms with Crippen molar-refractivity contribution in [1.82, 2.24) is 20.0 Å². The quantitative estimate of drug-likeness (QED) is 0.800. The summed E-state index contributed by atoms with van der Waals surface area (Å²) in [5.74, 6) is 0.822. The predicted molar refractivity (Wildman–Crippen MR) is 100 cm³/mol. The van der Waals surface area contributed by atoms with Gasteiger partial charge in [-0.05, 0) is 31.7 Å². The van der Waals surface area contributed by atoms with Gasteiger partial charge in [-0.3, -0.25) is 9.80 Å². The van der Waals surface area contributed by atoms with E-state index in [4.69, 9.17) is 4.74 Å². The van der Waals surface area contributed by atoms with Crippen molar-refractivity contribution in [1.29, 1.82) is 0 Å². The molecule has 0 bridgehead atoms. The molecule has 6 nitrogen and oxygen atoms in total. The summed E-state index contributed by atoms with van der Waals surface area (Å²) >= 11 is 0. The Kier molecular flexibility index (Phi) is 6.53. The predicted octanol–water partition coefficient (Wildman–Crippen LogP) is 0.985. The third-order valence-electron chi connectivity index (χ3n) is 5.29. The standard InChI is InChI=1S/C19H32N4O2/c1-3-25-19-14-16(4-5-18(19)24)17(23-8-6-20-7-9-23)15-22-12-10-21(2)11-13-22/h4-5,14,17,20,24H,3,6-13,15H2,1-2H3. The Morgan fingerprint density at radius 3 is 2.52 bits per heavy atom. The minimum atomic E-state index is 0.226. The first-order valence-corrected chi connectivity index (χ1v) is 9.48. The fraction of sp³-hybridized carbons (Fsp3) is 0.684. The highest BCUT2D eigenvalue weighted by molar-refractivity contribution is 5.43. The zero-order valence-corrected chi connectivity index (χ0v) is 15.6. The van der Waals surface area contributed by atoms with Gasteiger partial charge < -0.3 is 20.1 Å². The number of benzene rings is 1. The molecule has 2 saturated heterocycles. The second-order valence-electron chi connectivity index (χ2n) is 7.07. The van der Waals surface area contributed by atoms with E-state index >= 15 is 0 Å². The van der Waals surface area contributed by atoms with Gasteiger partial charge in [0.05, 0.1) is 6.61 Å². The maximum absolute atomic E-state index is 10.0. The third-order valence-corrected chi connectivity index (χ3v) is 5.29. The van der Waals surface area contributed by atoms with Crippen molar-refractivity contribution >= 4 is 0 Å². The van der Waals surface area contributed by atoms with E-state index in [2.05, 4.69) is 33.1 Å². The topological polar surface area (TPSA) is 51.2 Å². The van der Waals surface area contributed by atoms with E-state index in [1.54, 1.807) is 6.07 Å². The highest BCUT2D eigenvalue weighted by atomic mass is 16.5. The SMILES string of the molecule is CCOc1cc(C(CN2CCN(C)CC2)N2CCNCC2)ccc1O. The van der Waals surface area contributed by atoms with E-state index in [1.807, 2.05) is 13.0 Å². The van der Waals surface area contributed by atoms with Crippen LogP contribution in [0.4, 0.5) is 0 Å². The molecule has 6 heteroatoms. The lowest BCUT2D eigenvalue weighted by Gasteiger charge is -2.40. The average Bonchev–Trinajstić information content (AvgIpc) is 2.64. The van der Waals surface area contributed by atoms with Crippen molar-refractivity contribution in [2.24, 2.45) is 0 Å². The molecular weight excluding hydrogens is 316 g/mol. The molecule has 1 unspecified atom stereocenters. The molecule has 0 radical (unpaired) electrons. The molecular formula is C19H32N4O2. The summed E-state index contributed by atoms with van der Waals surface area (Å²) in [7, 11) is 2.19. The Morgan fingerprint density at radius 2 is 1.84 bits per heavy atom.